The van der Waals surface area contributed by atoms with Crippen LogP contribution < -0.4 is 10.6 Å². The average molecular weight is 287 g/mol. The van der Waals surface area contributed by atoms with Crippen LogP contribution in [0.3, 0.4) is 0 Å². The van der Waals surface area contributed by atoms with Gasteiger partial charge in [-0.25, -0.2) is 0 Å². The highest BCUT2D eigenvalue weighted by molar-refractivity contribution is 6.00. The maximum Gasteiger partial charge on any atom is 0.246 e. The molecule has 3 rings (SSSR count). The highest BCUT2D eigenvalue weighted by Crippen LogP contribution is 2.24. The standard InChI is InChI=1S/C15H17N3O3/c1-9-14(20)17-11-5-3-2-4-10(11)8-18(9)15(21)12-6-7-13(19)16-12/h2-5,9,12H,6-8H2,1H3,(H,16,19)(H,17,20)/t9?,12-/m0/s1. The summed E-state index contributed by atoms with van der Waals surface area (Å²) < 4.78 is 0. The smallest absolute Gasteiger partial charge is 0.246 e. The Morgan fingerprint density at radius 3 is 2.76 bits per heavy atom. The predicted octanol–water partition coefficient (Wildman–Crippen LogP) is 0.634. The van der Waals surface area contributed by atoms with Gasteiger partial charge in [-0.15, -0.1) is 0 Å². The van der Waals surface area contributed by atoms with Crippen LogP contribution in [0, 0.1) is 0 Å². The molecule has 2 heterocycles. The van der Waals surface area contributed by atoms with Crippen molar-refractivity contribution >= 4 is 23.4 Å². The molecule has 2 aliphatic heterocycles. The number of benzene rings is 1. The maximum absolute atomic E-state index is 12.6. The number of hydrogen-bond donors (Lipinski definition) is 2. The Morgan fingerprint density at radius 1 is 1.29 bits per heavy atom. The average Bonchev–Trinajstić information content (AvgIpc) is 2.86. The van der Waals surface area contributed by atoms with Crippen LogP contribution in [0.2, 0.25) is 0 Å². The molecule has 1 aromatic carbocycles. The zero-order valence-corrected chi connectivity index (χ0v) is 11.8. The Labute approximate surface area is 122 Å². The number of amides is 3. The summed E-state index contributed by atoms with van der Waals surface area (Å²) in [5, 5.41) is 5.51. The van der Waals surface area contributed by atoms with E-state index in [-0.39, 0.29) is 17.7 Å². The van der Waals surface area contributed by atoms with Gasteiger partial charge in [-0.1, -0.05) is 18.2 Å². The molecule has 0 aromatic heterocycles. The van der Waals surface area contributed by atoms with Crippen molar-refractivity contribution in [3.63, 3.8) is 0 Å². The third-order valence-electron chi connectivity index (χ3n) is 4.04. The van der Waals surface area contributed by atoms with Crippen LogP contribution in [-0.2, 0) is 20.9 Å². The van der Waals surface area contributed by atoms with E-state index in [0.717, 1.165) is 11.3 Å². The summed E-state index contributed by atoms with van der Waals surface area (Å²) in [6.07, 6.45) is 0.853. The number of hydrogen-bond acceptors (Lipinski definition) is 3. The predicted molar refractivity (Wildman–Crippen MR) is 76.2 cm³/mol. The minimum Gasteiger partial charge on any atom is -0.344 e. The maximum atomic E-state index is 12.6. The summed E-state index contributed by atoms with van der Waals surface area (Å²) in [6, 6.07) is 6.35. The molecule has 0 spiro atoms. The normalized spacial score (nSPS) is 24.9. The van der Waals surface area contributed by atoms with Crippen molar-refractivity contribution < 1.29 is 14.4 Å². The highest BCUT2D eigenvalue weighted by Gasteiger charge is 2.36. The Bertz CT molecular complexity index is 614. The van der Waals surface area contributed by atoms with E-state index in [2.05, 4.69) is 10.6 Å². The number of para-hydroxylation sites is 1. The largest absolute Gasteiger partial charge is 0.344 e. The van der Waals surface area contributed by atoms with Crippen molar-refractivity contribution in [1.29, 1.82) is 0 Å². The lowest BCUT2D eigenvalue weighted by molar-refractivity contribution is -0.140. The first-order valence-corrected chi connectivity index (χ1v) is 7.05. The second kappa shape index (κ2) is 5.20. The molecule has 2 aliphatic rings. The van der Waals surface area contributed by atoms with Gasteiger partial charge in [0, 0.05) is 18.7 Å². The lowest BCUT2D eigenvalue weighted by Crippen LogP contribution is -2.50. The van der Waals surface area contributed by atoms with E-state index in [1.54, 1.807) is 6.92 Å². The van der Waals surface area contributed by atoms with Gasteiger partial charge in [0.15, 0.2) is 0 Å². The van der Waals surface area contributed by atoms with Crippen molar-refractivity contribution in [1.82, 2.24) is 10.2 Å². The molecule has 0 saturated carbocycles. The molecule has 0 aliphatic carbocycles. The van der Waals surface area contributed by atoms with Crippen LogP contribution in [0.25, 0.3) is 0 Å². The molecule has 1 unspecified atom stereocenters. The topological polar surface area (TPSA) is 78.5 Å². The number of anilines is 1. The van der Waals surface area contributed by atoms with Gasteiger partial charge in [-0.3, -0.25) is 14.4 Å². The molecule has 6 heteroatoms. The molecule has 1 aromatic rings. The van der Waals surface area contributed by atoms with Crippen molar-refractivity contribution in [2.75, 3.05) is 5.32 Å². The lowest BCUT2D eigenvalue weighted by Gasteiger charge is -2.28. The number of fused-ring (bicyclic) bond motifs is 1. The van der Waals surface area contributed by atoms with Crippen LogP contribution in [-0.4, -0.2) is 34.7 Å². The van der Waals surface area contributed by atoms with E-state index in [1.807, 2.05) is 24.3 Å². The van der Waals surface area contributed by atoms with Crippen LogP contribution in [0.15, 0.2) is 24.3 Å². The molecule has 2 N–H and O–H groups in total. The van der Waals surface area contributed by atoms with E-state index >= 15 is 0 Å². The Kier molecular flexibility index (Phi) is 3.37. The van der Waals surface area contributed by atoms with Gasteiger partial charge in [-0.2, -0.15) is 0 Å². The summed E-state index contributed by atoms with van der Waals surface area (Å²) in [5.41, 5.74) is 1.63. The SMILES string of the molecule is CC1C(=O)Nc2ccccc2CN1C(=O)[C@@H]1CCC(=O)N1. The molecule has 6 nitrogen and oxygen atoms in total. The fourth-order valence-electron chi connectivity index (χ4n) is 2.75. The number of nitrogens with one attached hydrogen (secondary N) is 2. The molecule has 2 atom stereocenters. The number of rotatable bonds is 1. The summed E-state index contributed by atoms with van der Waals surface area (Å²) in [7, 11) is 0. The quantitative estimate of drug-likeness (QED) is 0.795. The summed E-state index contributed by atoms with van der Waals surface area (Å²) >= 11 is 0. The first-order chi connectivity index (χ1) is 10.1. The minimum absolute atomic E-state index is 0.110. The molecule has 0 bridgehead atoms. The van der Waals surface area contributed by atoms with Gasteiger partial charge in [0.05, 0.1) is 0 Å². The molecule has 1 saturated heterocycles. The molecule has 110 valence electrons. The minimum atomic E-state index is -0.567. The van der Waals surface area contributed by atoms with Gasteiger partial charge in [-0.05, 0) is 25.0 Å². The van der Waals surface area contributed by atoms with Crippen LogP contribution in [0.4, 0.5) is 5.69 Å². The fraction of sp³-hybridized carbons (Fsp3) is 0.400. The zero-order chi connectivity index (χ0) is 15.0. The van der Waals surface area contributed by atoms with Crippen molar-refractivity contribution in [3.8, 4) is 0 Å². The summed E-state index contributed by atoms with van der Waals surface area (Å²) in [4.78, 5) is 37.6. The zero-order valence-electron chi connectivity index (χ0n) is 11.8. The van der Waals surface area contributed by atoms with Crippen molar-refractivity contribution in [3.05, 3.63) is 29.8 Å². The summed E-state index contributed by atoms with van der Waals surface area (Å²) in [5.74, 6) is -0.515. The lowest BCUT2D eigenvalue weighted by atomic mass is 10.1. The third-order valence-corrected chi connectivity index (χ3v) is 4.04. The van der Waals surface area contributed by atoms with Gasteiger partial charge in [0.25, 0.3) is 0 Å². The Balaban J connectivity index is 1.88. The van der Waals surface area contributed by atoms with Gasteiger partial charge < -0.3 is 15.5 Å². The van der Waals surface area contributed by atoms with Crippen molar-refractivity contribution in [2.24, 2.45) is 0 Å². The van der Waals surface area contributed by atoms with E-state index in [1.165, 1.54) is 4.90 Å². The van der Waals surface area contributed by atoms with E-state index in [4.69, 9.17) is 0 Å². The van der Waals surface area contributed by atoms with Crippen LogP contribution in [0.5, 0.6) is 0 Å². The van der Waals surface area contributed by atoms with Crippen LogP contribution >= 0.6 is 0 Å². The molecule has 3 amide bonds. The van der Waals surface area contributed by atoms with Gasteiger partial charge >= 0.3 is 0 Å². The Hall–Kier alpha value is -2.37. The monoisotopic (exact) mass is 287 g/mol. The first-order valence-electron chi connectivity index (χ1n) is 7.05. The molecule has 21 heavy (non-hydrogen) atoms. The highest BCUT2D eigenvalue weighted by atomic mass is 16.2. The van der Waals surface area contributed by atoms with Crippen LogP contribution in [0.1, 0.15) is 25.3 Å². The first kappa shape index (κ1) is 13.6. The molecular formula is C15H17N3O3. The molecular weight excluding hydrogens is 270 g/mol. The van der Waals surface area contributed by atoms with Crippen molar-refractivity contribution in [2.45, 2.75) is 38.4 Å². The number of carbonyl (C=O) groups excluding carboxylic acids is 3. The fourth-order valence-corrected chi connectivity index (χ4v) is 2.75. The second-order valence-corrected chi connectivity index (χ2v) is 5.45. The number of carbonyl (C=O) groups is 3. The Morgan fingerprint density at radius 2 is 2.05 bits per heavy atom. The summed E-state index contributed by atoms with van der Waals surface area (Å²) in [6.45, 7) is 2.07. The number of nitrogens with zero attached hydrogens (tertiary/aromatic N) is 1. The van der Waals surface area contributed by atoms with Gasteiger partial charge in [0.1, 0.15) is 12.1 Å². The second-order valence-electron chi connectivity index (χ2n) is 5.45. The van der Waals surface area contributed by atoms with Gasteiger partial charge in [0.2, 0.25) is 17.7 Å². The van der Waals surface area contributed by atoms with E-state index < -0.39 is 12.1 Å². The third kappa shape index (κ3) is 2.49. The van der Waals surface area contributed by atoms with E-state index in [9.17, 15) is 14.4 Å². The molecule has 1 fully saturated rings. The molecule has 0 radical (unpaired) electrons. The van der Waals surface area contributed by atoms with E-state index in [0.29, 0.717) is 19.4 Å².